The van der Waals surface area contributed by atoms with Crippen LogP contribution in [-0.4, -0.2) is 27.8 Å². The standard InChI is InChI=1S/C15H20N6O2S/c1-7(2)11(13(17)23)20-15-18-5-9(12(16)22)14(21-15)19-10-4-8(3)6-24-10/h4-7,11H,1-3H3,(H2,16,22)(H2,17,23)(H2,18,19,20,21). The van der Waals surface area contributed by atoms with Gasteiger partial charge in [-0.2, -0.15) is 4.98 Å². The SMILES string of the molecule is Cc1csc(Nc2nc(NC(C(N)=O)C(C)C)ncc2C(N)=O)c1. The third-order valence-electron chi connectivity index (χ3n) is 3.28. The second-order valence-corrected chi connectivity index (χ2v) is 6.61. The highest BCUT2D eigenvalue weighted by Crippen LogP contribution is 2.25. The average Bonchev–Trinajstić information content (AvgIpc) is 2.89. The van der Waals surface area contributed by atoms with Crippen LogP contribution in [-0.2, 0) is 4.79 Å². The Morgan fingerprint density at radius 2 is 2.00 bits per heavy atom. The van der Waals surface area contributed by atoms with Crippen molar-refractivity contribution in [3.05, 3.63) is 28.8 Å². The van der Waals surface area contributed by atoms with Crippen molar-refractivity contribution < 1.29 is 9.59 Å². The molecule has 0 spiro atoms. The Morgan fingerprint density at radius 3 is 2.50 bits per heavy atom. The largest absolute Gasteiger partial charge is 0.368 e. The van der Waals surface area contributed by atoms with Crippen molar-refractivity contribution in [1.82, 2.24) is 9.97 Å². The van der Waals surface area contributed by atoms with Crippen molar-refractivity contribution in [2.75, 3.05) is 10.6 Å². The molecule has 0 aromatic carbocycles. The molecule has 0 radical (unpaired) electrons. The molecule has 2 amide bonds. The maximum Gasteiger partial charge on any atom is 0.254 e. The molecule has 0 saturated carbocycles. The number of aryl methyl sites for hydroxylation is 1. The second-order valence-electron chi connectivity index (χ2n) is 5.70. The van der Waals surface area contributed by atoms with Crippen molar-refractivity contribution in [3.63, 3.8) is 0 Å². The van der Waals surface area contributed by atoms with Crippen LogP contribution in [0, 0.1) is 12.8 Å². The molecule has 1 unspecified atom stereocenters. The number of carbonyl (C=O) groups excluding carboxylic acids is 2. The number of aromatic nitrogens is 2. The van der Waals surface area contributed by atoms with Gasteiger partial charge in [-0.25, -0.2) is 4.98 Å². The van der Waals surface area contributed by atoms with E-state index in [0.717, 1.165) is 10.6 Å². The van der Waals surface area contributed by atoms with E-state index in [2.05, 4.69) is 20.6 Å². The molecule has 8 nitrogen and oxygen atoms in total. The van der Waals surface area contributed by atoms with E-state index in [-0.39, 0.29) is 23.2 Å². The lowest BCUT2D eigenvalue weighted by molar-refractivity contribution is -0.119. The third kappa shape index (κ3) is 4.19. The lowest BCUT2D eigenvalue weighted by Gasteiger charge is -2.19. The van der Waals surface area contributed by atoms with Gasteiger partial charge < -0.3 is 22.1 Å². The molecule has 128 valence electrons. The number of nitrogens with two attached hydrogens (primary N) is 2. The fraction of sp³-hybridized carbons (Fsp3) is 0.333. The molecule has 0 saturated heterocycles. The molecule has 2 aromatic rings. The molecule has 9 heteroatoms. The highest BCUT2D eigenvalue weighted by atomic mass is 32.1. The van der Waals surface area contributed by atoms with E-state index >= 15 is 0 Å². The maximum absolute atomic E-state index is 11.6. The minimum atomic E-state index is -0.646. The van der Waals surface area contributed by atoms with Crippen LogP contribution in [0.15, 0.2) is 17.6 Å². The first kappa shape index (κ1) is 17.7. The van der Waals surface area contributed by atoms with E-state index in [1.165, 1.54) is 17.5 Å². The topological polar surface area (TPSA) is 136 Å². The van der Waals surface area contributed by atoms with Crippen LogP contribution >= 0.6 is 11.3 Å². The van der Waals surface area contributed by atoms with Crippen molar-refractivity contribution in [3.8, 4) is 0 Å². The zero-order valence-electron chi connectivity index (χ0n) is 13.7. The molecular weight excluding hydrogens is 328 g/mol. The summed E-state index contributed by atoms with van der Waals surface area (Å²) < 4.78 is 0. The van der Waals surface area contributed by atoms with Gasteiger partial charge in [0, 0.05) is 6.20 Å². The van der Waals surface area contributed by atoms with Crippen LogP contribution in [0.25, 0.3) is 0 Å². The molecule has 2 aromatic heterocycles. The van der Waals surface area contributed by atoms with Crippen LogP contribution in [0.4, 0.5) is 16.8 Å². The van der Waals surface area contributed by atoms with E-state index in [9.17, 15) is 9.59 Å². The van der Waals surface area contributed by atoms with Crippen LogP contribution in [0.2, 0.25) is 0 Å². The number of hydrogen-bond donors (Lipinski definition) is 4. The first-order valence-electron chi connectivity index (χ1n) is 7.32. The Morgan fingerprint density at radius 1 is 1.29 bits per heavy atom. The number of hydrogen-bond acceptors (Lipinski definition) is 7. The predicted molar refractivity (Wildman–Crippen MR) is 94.3 cm³/mol. The summed E-state index contributed by atoms with van der Waals surface area (Å²) in [7, 11) is 0. The van der Waals surface area contributed by atoms with E-state index < -0.39 is 17.9 Å². The number of rotatable bonds is 7. The lowest BCUT2D eigenvalue weighted by Crippen LogP contribution is -2.40. The van der Waals surface area contributed by atoms with Crippen molar-refractivity contribution in [2.24, 2.45) is 17.4 Å². The fourth-order valence-corrected chi connectivity index (χ4v) is 2.84. The van der Waals surface area contributed by atoms with E-state index in [1.54, 1.807) is 0 Å². The molecule has 0 aliphatic carbocycles. The number of amides is 2. The molecule has 0 aliphatic heterocycles. The minimum absolute atomic E-state index is 0.0433. The molecule has 6 N–H and O–H groups in total. The molecule has 2 rings (SSSR count). The predicted octanol–water partition coefficient (Wildman–Crippen LogP) is 1.61. The van der Waals surface area contributed by atoms with Crippen LogP contribution in [0.3, 0.4) is 0 Å². The van der Waals surface area contributed by atoms with Gasteiger partial charge in [-0.05, 0) is 29.9 Å². The van der Waals surface area contributed by atoms with E-state index in [1.807, 2.05) is 32.2 Å². The van der Waals surface area contributed by atoms with Gasteiger partial charge in [0.15, 0.2) is 0 Å². The minimum Gasteiger partial charge on any atom is -0.368 e. The zero-order valence-corrected chi connectivity index (χ0v) is 14.5. The van der Waals surface area contributed by atoms with Crippen LogP contribution < -0.4 is 22.1 Å². The summed E-state index contributed by atoms with van der Waals surface area (Å²) in [5.41, 5.74) is 12.0. The maximum atomic E-state index is 11.6. The summed E-state index contributed by atoms with van der Waals surface area (Å²) in [5.74, 6) is -0.732. The third-order valence-corrected chi connectivity index (χ3v) is 4.25. The van der Waals surface area contributed by atoms with Gasteiger partial charge in [-0.1, -0.05) is 13.8 Å². The van der Waals surface area contributed by atoms with E-state index in [0.29, 0.717) is 0 Å². The molecule has 2 heterocycles. The van der Waals surface area contributed by atoms with Crippen molar-refractivity contribution >= 4 is 39.9 Å². The number of anilines is 3. The Balaban J connectivity index is 2.33. The van der Waals surface area contributed by atoms with Gasteiger partial charge >= 0.3 is 0 Å². The average molecular weight is 348 g/mol. The van der Waals surface area contributed by atoms with Crippen LogP contribution in [0.5, 0.6) is 0 Å². The normalized spacial score (nSPS) is 12.0. The van der Waals surface area contributed by atoms with Crippen LogP contribution in [0.1, 0.15) is 29.8 Å². The number of primary amides is 2. The van der Waals surface area contributed by atoms with Gasteiger partial charge in [0.25, 0.3) is 5.91 Å². The zero-order chi connectivity index (χ0) is 17.9. The van der Waals surface area contributed by atoms with Gasteiger partial charge in [0.1, 0.15) is 17.4 Å². The number of carbonyl (C=O) groups is 2. The van der Waals surface area contributed by atoms with Gasteiger partial charge in [-0.15, -0.1) is 11.3 Å². The molecular formula is C15H20N6O2S. The van der Waals surface area contributed by atoms with Gasteiger partial charge in [0.2, 0.25) is 11.9 Å². The first-order chi connectivity index (χ1) is 11.3. The molecule has 0 fully saturated rings. The van der Waals surface area contributed by atoms with Crippen molar-refractivity contribution in [1.29, 1.82) is 0 Å². The smallest absolute Gasteiger partial charge is 0.254 e. The highest BCUT2D eigenvalue weighted by molar-refractivity contribution is 7.14. The first-order valence-corrected chi connectivity index (χ1v) is 8.20. The Labute approximate surface area is 143 Å². The summed E-state index contributed by atoms with van der Waals surface area (Å²) in [6.45, 7) is 5.67. The summed E-state index contributed by atoms with van der Waals surface area (Å²) in [6, 6.07) is 1.30. The summed E-state index contributed by atoms with van der Waals surface area (Å²) in [5, 5.41) is 8.73. The summed E-state index contributed by atoms with van der Waals surface area (Å²) in [6.07, 6.45) is 1.32. The quantitative estimate of drug-likeness (QED) is 0.600. The van der Waals surface area contributed by atoms with Gasteiger partial charge in [0.05, 0.1) is 5.00 Å². The summed E-state index contributed by atoms with van der Waals surface area (Å²) >= 11 is 1.48. The number of nitrogens with zero attached hydrogens (tertiary/aromatic N) is 2. The molecule has 0 aliphatic rings. The van der Waals surface area contributed by atoms with Crippen molar-refractivity contribution in [2.45, 2.75) is 26.8 Å². The summed E-state index contributed by atoms with van der Waals surface area (Å²) in [4.78, 5) is 31.4. The van der Waals surface area contributed by atoms with E-state index in [4.69, 9.17) is 11.5 Å². The number of thiophene rings is 1. The Hall–Kier alpha value is -2.68. The monoisotopic (exact) mass is 348 g/mol. The lowest BCUT2D eigenvalue weighted by atomic mass is 10.0. The fourth-order valence-electron chi connectivity index (χ4n) is 2.05. The van der Waals surface area contributed by atoms with Gasteiger partial charge in [-0.3, -0.25) is 9.59 Å². The molecule has 24 heavy (non-hydrogen) atoms. The second kappa shape index (κ2) is 7.26. The molecule has 1 atom stereocenters. The number of nitrogens with one attached hydrogen (secondary N) is 2. The highest BCUT2D eigenvalue weighted by Gasteiger charge is 2.21. The Kier molecular flexibility index (Phi) is 5.35. The molecule has 0 bridgehead atoms. The Bertz CT molecular complexity index is 758.